The van der Waals surface area contributed by atoms with E-state index in [-0.39, 0.29) is 0 Å². The van der Waals surface area contributed by atoms with Crippen molar-refractivity contribution in [3.05, 3.63) is 35.4 Å². The molecule has 17 heavy (non-hydrogen) atoms. The van der Waals surface area contributed by atoms with Crippen molar-refractivity contribution in [3.63, 3.8) is 0 Å². The van der Waals surface area contributed by atoms with E-state index in [1.807, 2.05) is 0 Å². The maximum atomic E-state index is 3.72. The van der Waals surface area contributed by atoms with Crippen molar-refractivity contribution >= 4 is 0 Å². The second-order valence-electron chi connectivity index (χ2n) is 5.85. The molecule has 0 saturated carbocycles. The topological polar surface area (TPSA) is 12.0 Å². The molecule has 1 nitrogen and oxygen atoms in total. The summed E-state index contributed by atoms with van der Waals surface area (Å²) in [4.78, 5) is 0. The zero-order valence-corrected chi connectivity index (χ0v) is 10.8. The summed E-state index contributed by atoms with van der Waals surface area (Å²) in [7, 11) is 0. The summed E-state index contributed by atoms with van der Waals surface area (Å²) in [6.45, 7) is 2.22. The van der Waals surface area contributed by atoms with Crippen molar-refractivity contribution in [3.8, 4) is 0 Å². The van der Waals surface area contributed by atoms with Crippen LogP contribution >= 0.6 is 0 Å². The van der Waals surface area contributed by atoms with E-state index in [4.69, 9.17) is 0 Å². The molecule has 2 atom stereocenters. The minimum Gasteiger partial charge on any atom is -0.311 e. The van der Waals surface area contributed by atoms with Crippen LogP contribution in [0.15, 0.2) is 24.3 Å². The molecule has 1 N–H and O–H groups in total. The predicted octanol–water partition coefficient (Wildman–Crippen LogP) is 3.32. The minimum atomic E-state index is 0.827. The Kier molecular flexibility index (Phi) is 3.19. The fourth-order valence-electron chi connectivity index (χ4n) is 3.59. The smallest absolute Gasteiger partial charge is 0.00729 e. The van der Waals surface area contributed by atoms with Crippen LogP contribution in [0.5, 0.6) is 0 Å². The third-order valence-corrected chi connectivity index (χ3v) is 4.53. The van der Waals surface area contributed by atoms with E-state index >= 15 is 0 Å². The number of aryl methyl sites for hydroxylation is 1. The van der Waals surface area contributed by atoms with Gasteiger partial charge in [-0.1, -0.05) is 31.2 Å². The van der Waals surface area contributed by atoms with Gasteiger partial charge in [0.25, 0.3) is 0 Å². The highest BCUT2D eigenvalue weighted by Gasteiger charge is 2.33. The molecule has 0 amide bonds. The summed E-state index contributed by atoms with van der Waals surface area (Å²) in [5, 5.41) is 3.72. The molecule has 3 rings (SSSR count). The highest BCUT2D eigenvalue weighted by Crippen LogP contribution is 2.32. The van der Waals surface area contributed by atoms with Crippen LogP contribution in [0.25, 0.3) is 0 Å². The van der Waals surface area contributed by atoms with E-state index < -0.39 is 0 Å². The average molecular weight is 229 g/mol. The Labute approximate surface area is 105 Å². The maximum absolute atomic E-state index is 3.72. The molecule has 1 aromatic rings. The van der Waals surface area contributed by atoms with E-state index in [1.54, 1.807) is 0 Å². The minimum absolute atomic E-state index is 0.827. The molecule has 2 aliphatic heterocycles. The van der Waals surface area contributed by atoms with E-state index in [1.165, 1.54) is 43.2 Å². The van der Waals surface area contributed by atoms with Crippen LogP contribution < -0.4 is 5.32 Å². The lowest BCUT2D eigenvalue weighted by atomic mass is 9.87. The van der Waals surface area contributed by atoms with Crippen molar-refractivity contribution in [2.45, 2.75) is 57.5 Å². The van der Waals surface area contributed by atoms with Gasteiger partial charge in [0.05, 0.1) is 0 Å². The van der Waals surface area contributed by atoms with Crippen LogP contribution in [0.1, 0.15) is 43.7 Å². The molecule has 92 valence electrons. The van der Waals surface area contributed by atoms with E-state index in [0.29, 0.717) is 0 Å². The summed E-state index contributed by atoms with van der Waals surface area (Å²) >= 11 is 0. The van der Waals surface area contributed by atoms with Crippen molar-refractivity contribution in [2.75, 3.05) is 0 Å². The normalized spacial score (nSPS) is 31.7. The first-order valence-electron chi connectivity index (χ1n) is 7.17. The Morgan fingerprint density at radius 3 is 2.18 bits per heavy atom. The second-order valence-corrected chi connectivity index (χ2v) is 5.85. The van der Waals surface area contributed by atoms with Crippen molar-refractivity contribution in [2.24, 2.45) is 5.92 Å². The van der Waals surface area contributed by atoms with Gasteiger partial charge in [0, 0.05) is 12.1 Å². The van der Waals surface area contributed by atoms with Crippen LogP contribution in [0.3, 0.4) is 0 Å². The Morgan fingerprint density at radius 1 is 1.00 bits per heavy atom. The molecule has 0 aromatic heterocycles. The van der Waals surface area contributed by atoms with E-state index in [9.17, 15) is 0 Å². The van der Waals surface area contributed by atoms with Gasteiger partial charge in [-0.15, -0.1) is 0 Å². The lowest BCUT2D eigenvalue weighted by Crippen LogP contribution is -2.38. The van der Waals surface area contributed by atoms with Crippen LogP contribution in [-0.4, -0.2) is 12.1 Å². The Hall–Kier alpha value is -0.820. The fourth-order valence-corrected chi connectivity index (χ4v) is 3.59. The third-order valence-electron chi connectivity index (χ3n) is 4.53. The van der Waals surface area contributed by atoms with E-state index in [0.717, 1.165) is 24.4 Å². The van der Waals surface area contributed by atoms with Gasteiger partial charge in [-0.25, -0.2) is 0 Å². The highest BCUT2D eigenvalue weighted by atomic mass is 15.0. The molecule has 2 unspecified atom stereocenters. The number of fused-ring (bicyclic) bond motifs is 2. The SMILES string of the molecule is CCc1ccc(CC2CC3CCC(C2)N3)cc1. The molecule has 0 spiro atoms. The third kappa shape index (κ3) is 2.55. The van der Waals surface area contributed by atoms with Crippen molar-refractivity contribution < 1.29 is 0 Å². The first kappa shape index (κ1) is 11.3. The zero-order valence-electron chi connectivity index (χ0n) is 10.8. The molecule has 2 heterocycles. The van der Waals surface area contributed by atoms with Crippen molar-refractivity contribution in [1.82, 2.24) is 5.32 Å². The molecule has 2 saturated heterocycles. The lowest BCUT2D eigenvalue weighted by molar-refractivity contribution is 0.298. The first-order valence-corrected chi connectivity index (χ1v) is 7.17. The molecule has 0 radical (unpaired) electrons. The Balaban J connectivity index is 1.62. The van der Waals surface area contributed by atoms with Gasteiger partial charge in [0.15, 0.2) is 0 Å². The van der Waals surface area contributed by atoms with E-state index in [2.05, 4.69) is 36.5 Å². The fraction of sp³-hybridized carbons (Fsp3) is 0.625. The number of nitrogens with one attached hydrogen (secondary N) is 1. The molecule has 1 aromatic carbocycles. The van der Waals surface area contributed by atoms with Gasteiger partial charge in [0.1, 0.15) is 0 Å². The molecule has 2 fully saturated rings. The van der Waals surface area contributed by atoms with Gasteiger partial charge in [-0.05, 0) is 55.6 Å². The number of benzene rings is 1. The molecule has 0 aliphatic carbocycles. The molecule has 1 heteroatoms. The number of hydrogen-bond acceptors (Lipinski definition) is 1. The summed E-state index contributed by atoms with van der Waals surface area (Å²) < 4.78 is 0. The predicted molar refractivity (Wildman–Crippen MR) is 72.2 cm³/mol. The lowest BCUT2D eigenvalue weighted by Gasteiger charge is -2.29. The van der Waals surface area contributed by atoms with Gasteiger partial charge < -0.3 is 5.32 Å². The van der Waals surface area contributed by atoms with Gasteiger partial charge in [-0.3, -0.25) is 0 Å². The summed E-state index contributed by atoms with van der Waals surface area (Å²) in [6.07, 6.45) is 8.06. The number of piperidine rings is 1. The summed E-state index contributed by atoms with van der Waals surface area (Å²) in [6, 6.07) is 10.9. The molecule has 2 bridgehead atoms. The molecular weight excluding hydrogens is 206 g/mol. The second kappa shape index (κ2) is 4.81. The quantitative estimate of drug-likeness (QED) is 0.838. The maximum Gasteiger partial charge on any atom is 0.00729 e. The van der Waals surface area contributed by atoms with Crippen LogP contribution in [-0.2, 0) is 12.8 Å². The van der Waals surface area contributed by atoms with Crippen molar-refractivity contribution in [1.29, 1.82) is 0 Å². The van der Waals surface area contributed by atoms with Crippen LogP contribution in [0.4, 0.5) is 0 Å². The summed E-state index contributed by atoms with van der Waals surface area (Å²) in [5.41, 5.74) is 2.99. The monoisotopic (exact) mass is 229 g/mol. The molecular formula is C16H23N. The number of rotatable bonds is 3. The van der Waals surface area contributed by atoms with Crippen LogP contribution in [0, 0.1) is 5.92 Å². The Morgan fingerprint density at radius 2 is 1.59 bits per heavy atom. The largest absolute Gasteiger partial charge is 0.311 e. The summed E-state index contributed by atoms with van der Waals surface area (Å²) in [5.74, 6) is 0.918. The standard InChI is InChI=1S/C16H23N/c1-2-12-3-5-13(6-4-12)9-14-10-15-7-8-16(11-14)17-15/h3-6,14-17H,2,7-11H2,1H3. The number of hydrogen-bond donors (Lipinski definition) is 1. The molecule has 2 aliphatic rings. The van der Waals surface area contributed by atoms with Crippen LogP contribution in [0.2, 0.25) is 0 Å². The Bertz CT molecular complexity index is 356. The average Bonchev–Trinajstić information content (AvgIpc) is 2.70. The van der Waals surface area contributed by atoms with Gasteiger partial charge in [-0.2, -0.15) is 0 Å². The zero-order chi connectivity index (χ0) is 11.7. The highest BCUT2D eigenvalue weighted by molar-refractivity contribution is 5.23. The van der Waals surface area contributed by atoms with Gasteiger partial charge >= 0.3 is 0 Å². The first-order chi connectivity index (χ1) is 8.33. The van der Waals surface area contributed by atoms with Gasteiger partial charge in [0.2, 0.25) is 0 Å².